The molecule has 0 aliphatic rings. The van der Waals surface area contributed by atoms with Crippen LogP contribution in [0.1, 0.15) is 26.5 Å². The number of hydrogen-bond acceptors (Lipinski definition) is 3. The van der Waals surface area contributed by atoms with Gasteiger partial charge in [0.2, 0.25) is 0 Å². The molecule has 2 N–H and O–H groups in total. The Bertz CT molecular complexity index is 637. The monoisotopic (exact) mass is 443 g/mol. The molecule has 24 heavy (non-hydrogen) atoms. The Morgan fingerprint density at radius 1 is 1.25 bits per heavy atom. The summed E-state index contributed by atoms with van der Waals surface area (Å²) in [6.07, 6.45) is 1.94. The average Bonchev–Trinajstić information content (AvgIpc) is 3.01. The van der Waals surface area contributed by atoms with Crippen LogP contribution < -0.4 is 15.4 Å². The largest absolute Gasteiger partial charge is 0.497 e. The number of rotatable bonds is 6. The minimum absolute atomic E-state index is 0. The predicted molar refractivity (Wildman–Crippen MR) is 109 cm³/mol. The van der Waals surface area contributed by atoms with Crippen LogP contribution in [0.2, 0.25) is 0 Å². The van der Waals surface area contributed by atoms with Crippen molar-refractivity contribution in [1.29, 1.82) is 0 Å². The van der Waals surface area contributed by atoms with Gasteiger partial charge in [-0.1, -0.05) is 0 Å². The number of nitrogens with zero attached hydrogens (tertiary/aromatic N) is 3. The fourth-order valence-electron chi connectivity index (χ4n) is 2.08. The predicted octanol–water partition coefficient (Wildman–Crippen LogP) is 2.96. The van der Waals surface area contributed by atoms with Crippen molar-refractivity contribution in [3.05, 3.63) is 42.2 Å². The van der Waals surface area contributed by atoms with Crippen molar-refractivity contribution in [2.24, 2.45) is 4.99 Å². The van der Waals surface area contributed by atoms with Gasteiger partial charge in [-0.3, -0.25) is 0 Å². The van der Waals surface area contributed by atoms with Crippen LogP contribution in [0.25, 0.3) is 5.69 Å². The van der Waals surface area contributed by atoms with Crippen LogP contribution in [0.3, 0.4) is 0 Å². The van der Waals surface area contributed by atoms with Gasteiger partial charge in [-0.2, -0.15) is 5.10 Å². The number of guanidine groups is 1. The first-order valence-corrected chi connectivity index (χ1v) is 7.86. The fraction of sp³-hybridized carbons (Fsp3) is 0.412. The number of nitrogens with one attached hydrogen (secondary N) is 2. The van der Waals surface area contributed by atoms with Crippen LogP contribution in [-0.4, -0.2) is 35.4 Å². The zero-order valence-electron chi connectivity index (χ0n) is 14.6. The molecule has 7 heteroatoms. The van der Waals surface area contributed by atoms with Crippen molar-refractivity contribution >= 4 is 29.9 Å². The van der Waals surface area contributed by atoms with Gasteiger partial charge >= 0.3 is 0 Å². The Hall–Kier alpha value is -1.77. The van der Waals surface area contributed by atoms with Crippen molar-refractivity contribution < 1.29 is 4.74 Å². The third-order valence-electron chi connectivity index (χ3n) is 3.15. The molecule has 0 spiro atoms. The number of benzene rings is 1. The molecule has 0 saturated carbocycles. The molecule has 6 nitrogen and oxygen atoms in total. The van der Waals surface area contributed by atoms with Crippen molar-refractivity contribution in [2.75, 3.05) is 13.7 Å². The van der Waals surface area contributed by atoms with Gasteiger partial charge in [0.1, 0.15) is 5.75 Å². The van der Waals surface area contributed by atoms with E-state index in [1.54, 1.807) is 7.11 Å². The summed E-state index contributed by atoms with van der Waals surface area (Å²) in [7, 11) is 1.66. The Morgan fingerprint density at radius 3 is 2.54 bits per heavy atom. The number of halogens is 1. The SMILES string of the molecule is CCNC(=NCc1ccn(-c2ccc(OC)cc2)n1)NC(C)C.I. The first kappa shape index (κ1) is 20.3. The summed E-state index contributed by atoms with van der Waals surface area (Å²) in [4.78, 5) is 4.56. The second-order valence-corrected chi connectivity index (χ2v) is 5.44. The van der Waals surface area contributed by atoms with E-state index in [1.807, 2.05) is 41.2 Å². The molecule has 1 aromatic carbocycles. The molecule has 0 amide bonds. The van der Waals surface area contributed by atoms with E-state index in [0.29, 0.717) is 12.6 Å². The second kappa shape index (κ2) is 10.2. The van der Waals surface area contributed by atoms with E-state index in [0.717, 1.165) is 29.6 Å². The Labute approximate surface area is 160 Å². The van der Waals surface area contributed by atoms with Crippen LogP contribution in [0, 0.1) is 0 Å². The van der Waals surface area contributed by atoms with E-state index in [-0.39, 0.29) is 24.0 Å². The number of aromatic nitrogens is 2. The fourth-order valence-corrected chi connectivity index (χ4v) is 2.08. The van der Waals surface area contributed by atoms with E-state index in [1.165, 1.54) is 0 Å². The van der Waals surface area contributed by atoms with Crippen molar-refractivity contribution in [2.45, 2.75) is 33.4 Å². The lowest BCUT2D eigenvalue weighted by atomic mass is 10.3. The normalized spacial score (nSPS) is 11.1. The first-order valence-electron chi connectivity index (χ1n) is 7.86. The summed E-state index contributed by atoms with van der Waals surface area (Å²) in [6.45, 7) is 7.59. The molecular formula is C17H26IN5O. The van der Waals surface area contributed by atoms with Crippen LogP contribution in [-0.2, 0) is 6.54 Å². The lowest BCUT2D eigenvalue weighted by molar-refractivity contribution is 0.414. The van der Waals surface area contributed by atoms with Gasteiger partial charge in [-0.05, 0) is 51.1 Å². The first-order chi connectivity index (χ1) is 11.1. The zero-order valence-corrected chi connectivity index (χ0v) is 16.9. The number of aliphatic imine (C=N–C) groups is 1. The highest BCUT2D eigenvalue weighted by Gasteiger charge is 2.03. The van der Waals surface area contributed by atoms with Gasteiger partial charge in [0.05, 0.1) is 25.0 Å². The second-order valence-electron chi connectivity index (χ2n) is 5.44. The molecule has 2 aromatic rings. The number of methoxy groups -OCH3 is 1. The topological polar surface area (TPSA) is 63.5 Å². The quantitative estimate of drug-likeness (QED) is 0.410. The average molecular weight is 443 g/mol. The van der Waals surface area contributed by atoms with E-state index >= 15 is 0 Å². The van der Waals surface area contributed by atoms with Crippen molar-refractivity contribution in [3.63, 3.8) is 0 Å². The van der Waals surface area contributed by atoms with E-state index < -0.39 is 0 Å². The molecule has 0 saturated heterocycles. The van der Waals surface area contributed by atoms with Crippen molar-refractivity contribution in [3.8, 4) is 11.4 Å². The van der Waals surface area contributed by atoms with Crippen molar-refractivity contribution in [1.82, 2.24) is 20.4 Å². The summed E-state index contributed by atoms with van der Waals surface area (Å²) < 4.78 is 7.01. The van der Waals surface area contributed by atoms with E-state index in [9.17, 15) is 0 Å². The van der Waals surface area contributed by atoms with E-state index in [2.05, 4.69) is 41.5 Å². The third-order valence-corrected chi connectivity index (χ3v) is 3.15. The van der Waals surface area contributed by atoms with Gasteiger partial charge in [-0.15, -0.1) is 24.0 Å². The Kier molecular flexibility index (Phi) is 8.59. The van der Waals surface area contributed by atoms with Gasteiger partial charge in [-0.25, -0.2) is 9.67 Å². The smallest absolute Gasteiger partial charge is 0.191 e. The van der Waals surface area contributed by atoms with Gasteiger partial charge in [0.25, 0.3) is 0 Å². The summed E-state index contributed by atoms with van der Waals surface area (Å²) in [5.41, 5.74) is 1.91. The zero-order chi connectivity index (χ0) is 16.7. The maximum Gasteiger partial charge on any atom is 0.191 e. The minimum atomic E-state index is 0. The summed E-state index contributed by atoms with van der Waals surface area (Å²) in [5.74, 6) is 1.64. The molecule has 0 aliphatic heterocycles. The number of ether oxygens (including phenoxy) is 1. The molecule has 0 aliphatic carbocycles. The van der Waals surface area contributed by atoms with Gasteiger partial charge < -0.3 is 15.4 Å². The highest BCUT2D eigenvalue weighted by molar-refractivity contribution is 14.0. The molecule has 0 unspecified atom stereocenters. The summed E-state index contributed by atoms with van der Waals surface area (Å²) >= 11 is 0. The molecule has 0 radical (unpaired) electrons. The number of hydrogen-bond donors (Lipinski definition) is 2. The van der Waals surface area contributed by atoms with Crippen LogP contribution in [0.5, 0.6) is 5.75 Å². The molecule has 2 rings (SSSR count). The molecule has 0 atom stereocenters. The highest BCUT2D eigenvalue weighted by atomic mass is 127. The van der Waals surface area contributed by atoms with Gasteiger partial charge in [0.15, 0.2) is 5.96 Å². The lowest BCUT2D eigenvalue weighted by Gasteiger charge is -2.13. The Morgan fingerprint density at radius 2 is 1.96 bits per heavy atom. The molecule has 1 heterocycles. The molecular weight excluding hydrogens is 417 g/mol. The summed E-state index contributed by atoms with van der Waals surface area (Å²) in [5, 5.41) is 11.1. The van der Waals surface area contributed by atoms with Crippen LogP contribution in [0.15, 0.2) is 41.5 Å². The minimum Gasteiger partial charge on any atom is -0.497 e. The van der Waals surface area contributed by atoms with Crippen LogP contribution >= 0.6 is 24.0 Å². The highest BCUT2D eigenvalue weighted by Crippen LogP contribution is 2.14. The molecule has 132 valence electrons. The third kappa shape index (κ3) is 6.03. The molecule has 0 fully saturated rings. The Balaban J connectivity index is 0.00000288. The standard InChI is InChI=1S/C17H25N5O.HI/c1-5-18-17(20-13(2)3)19-12-14-10-11-22(21-14)15-6-8-16(23-4)9-7-15;/h6-11,13H,5,12H2,1-4H3,(H2,18,19,20);1H. The maximum atomic E-state index is 5.17. The molecule has 1 aromatic heterocycles. The molecule has 0 bridgehead atoms. The lowest BCUT2D eigenvalue weighted by Crippen LogP contribution is -2.41. The van der Waals surface area contributed by atoms with E-state index in [4.69, 9.17) is 4.74 Å². The van der Waals surface area contributed by atoms with Crippen LogP contribution in [0.4, 0.5) is 0 Å². The van der Waals surface area contributed by atoms with Gasteiger partial charge in [0, 0.05) is 18.8 Å². The summed E-state index contributed by atoms with van der Waals surface area (Å²) in [6, 6.07) is 10.1. The maximum absolute atomic E-state index is 5.17.